The predicted octanol–water partition coefficient (Wildman–Crippen LogP) is -2.29. The van der Waals surface area contributed by atoms with Crippen molar-refractivity contribution in [1.82, 2.24) is 5.32 Å². The van der Waals surface area contributed by atoms with E-state index in [0.29, 0.717) is 0 Å². The molecule has 1 saturated heterocycles. The van der Waals surface area contributed by atoms with Gasteiger partial charge >= 0.3 is 7.60 Å². The Labute approximate surface area is 91.9 Å². The molecule has 0 bridgehead atoms. The van der Waals surface area contributed by atoms with Crippen molar-refractivity contribution >= 4 is 13.5 Å². The van der Waals surface area contributed by atoms with E-state index in [0.717, 1.165) is 0 Å². The van der Waals surface area contributed by atoms with Crippen molar-refractivity contribution in [3.63, 3.8) is 0 Å². The average Bonchev–Trinajstić information content (AvgIpc) is 2.78. The SMILES string of the molecule is C[C@H](N)C(=O)N[C@H](CP(=O)(O)O)C1OC1O. The molecule has 1 aliphatic heterocycles. The Kier molecular flexibility index (Phi) is 4.06. The Morgan fingerprint density at radius 3 is 2.44 bits per heavy atom. The van der Waals surface area contributed by atoms with Crippen LogP contribution < -0.4 is 11.1 Å². The smallest absolute Gasteiger partial charge is 0.327 e. The zero-order valence-corrected chi connectivity index (χ0v) is 9.50. The van der Waals surface area contributed by atoms with Crippen molar-refractivity contribution in [3.8, 4) is 0 Å². The van der Waals surface area contributed by atoms with Crippen LogP contribution in [-0.2, 0) is 14.1 Å². The fourth-order valence-corrected chi connectivity index (χ4v) is 2.02. The first-order valence-corrected chi connectivity index (χ1v) is 6.44. The van der Waals surface area contributed by atoms with E-state index in [1.54, 1.807) is 0 Å². The van der Waals surface area contributed by atoms with Gasteiger partial charge in [0.1, 0.15) is 6.10 Å². The lowest BCUT2D eigenvalue weighted by atomic mass is 10.2. The van der Waals surface area contributed by atoms with Crippen molar-refractivity contribution in [2.24, 2.45) is 5.73 Å². The molecule has 1 fully saturated rings. The summed E-state index contributed by atoms with van der Waals surface area (Å²) in [5, 5.41) is 11.3. The number of carbonyl (C=O) groups is 1. The molecule has 0 aromatic carbocycles. The molecule has 0 saturated carbocycles. The minimum atomic E-state index is -4.30. The highest BCUT2D eigenvalue weighted by atomic mass is 31.2. The van der Waals surface area contributed by atoms with Gasteiger partial charge in [-0.05, 0) is 6.92 Å². The third kappa shape index (κ3) is 4.17. The normalized spacial score (nSPS) is 28.3. The molecule has 6 N–H and O–H groups in total. The summed E-state index contributed by atoms with van der Waals surface area (Å²) in [6.45, 7) is 1.44. The molecule has 1 aliphatic rings. The fourth-order valence-electron chi connectivity index (χ4n) is 1.21. The molecule has 0 spiro atoms. The zero-order valence-electron chi connectivity index (χ0n) is 8.61. The largest absolute Gasteiger partial charge is 0.366 e. The van der Waals surface area contributed by atoms with E-state index in [1.807, 2.05) is 0 Å². The number of nitrogens with two attached hydrogens (primary N) is 1. The summed E-state index contributed by atoms with van der Waals surface area (Å²) in [5.41, 5.74) is 5.29. The lowest BCUT2D eigenvalue weighted by Gasteiger charge is -2.18. The van der Waals surface area contributed by atoms with Gasteiger partial charge in [0.25, 0.3) is 0 Å². The monoisotopic (exact) mass is 254 g/mol. The second kappa shape index (κ2) is 4.79. The van der Waals surface area contributed by atoms with Crippen LogP contribution >= 0.6 is 7.60 Å². The van der Waals surface area contributed by atoms with Gasteiger partial charge in [-0.1, -0.05) is 0 Å². The Bertz CT molecular complexity index is 316. The third-order valence-electron chi connectivity index (χ3n) is 2.07. The molecule has 1 rings (SSSR count). The molecule has 9 heteroatoms. The standard InChI is InChI=1S/C7H15N2O6P/c1-3(8)6(10)9-4(2-16(12,13)14)5-7(11)15-5/h3-5,7,11H,2,8H2,1H3,(H,9,10)(H2,12,13,14)/t3-,4+,5?,7?/m0/s1. The van der Waals surface area contributed by atoms with Gasteiger partial charge in [0.15, 0.2) is 6.29 Å². The van der Waals surface area contributed by atoms with Crippen LogP contribution in [0.3, 0.4) is 0 Å². The summed E-state index contributed by atoms with van der Waals surface area (Å²) in [5.74, 6) is -0.554. The van der Waals surface area contributed by atoms with Crippen molar-refractivity contribution in [2.45, 2.75) is 31.4 Å². The highest BCUT2D eigenvalue weighted by Gasteiger charge is 2.46. The van der Waals surface area contributed by atoms with Gasteiger partial charge in [-0.3, -0.25) is 9.36 Å². The molecule has 16 heavy (non-hydrogen) atoms. The highest BCUT2D eigenvalue weighted by Crippen LogP contribution is 2.38. The van der Waals surface area contributed by atoms with Crippen molar-refractivity contribution in [2.75, 3.05) is 6.16 Å². The van der Waals surface area contributed by atoms with Crippen LogP contribution in [0.2, 0.25) is 0 Å². The van der Waals surface area contributed by atoms with Gasteiger partial charge in [-0.25, -0.2) is 0 Å². The fraction of sp³-hybridized carbons (Fsp3) is 0.857. The molecule has 94 valence electrons. The quantitative estimate of drug-likeness (QED) is 0.274. The summed E-state index contributed by atoms with van der Waals surface area (Å²) < 4.78 is 15.5. The van der Waals surface area contributed by atoms with E-state index in [9.17, 15) is 9.36 Å². The van der Waals surface area contributed by atoms with E-state index in [1.165, 1.54) is 6.92 Å². The summed E-state index contributed by atoms with van der Waals surface area (Å²) in [6.07, 6.45) is -2.46. The first kappa shape index (κ1) is 13.6. The zero-order chi connectivity index (χ0) is 12.5. The molecular formula is C7H15N2O6P. The molecule has 0 radical (unpaired) electrons. The maximum Gasteiger partial charge on any atom is 0.327 e. The molecule has 0 aliphatic carbocycles. The van der Waals surface area contributed by atoms with Crippen LogP contribution in [0.1, 0.15) is 6.92 Å². The van der Waals surface area contributed by atoms with Gasteiger partial charge in [0.2, 0.25) is 5.91 Å². The number of ether oxygens (including phenoxy) is 1. The van der Waals surface area contributed by atoms with Gasteiger partial charge in [0, 0.05) is 0 Å². The van der Waals surface area contributed by atoms with Gasteiger partial charge in [0.05, 0.1) is 18.2 Å². The number of hydrogen-bond donors (Lipinski definition) is 5. The number of rotatable bonds is 5. The first-order chi connectivity index (χ1) is 7.20. The number of carbonyl (C=O) groups excluding carboxylic acids is 1. The molecule has 8 nitrogen and oxygen atoms in total. The average molecular weight is 254 g/mol. The minimum Gasteiger partial charge on any atom is -0.366 e. The maximum absolute atomic E-state index is 11.3. The Morgan fingerprint density at radius 1 is 1.62 bits per heavy atom. The maximum atomic E-state index is 11.3. The number of aliphatic hydroxyl groups excluding tert-OH is 1. The molecule has 0 aromatic heterocycles. The number of epoxide rings is 1. The summed E-state index contributed by atoms with van der Waals surface area (Å²) in [6, 6.07) is -1.73. The van der Waals surface area contributed by atoms with Crippen LogP contribution in [0.25, 0.3) is 0 Å². The summed E-state index contributed by atoms with van der Waals surface area (Å²) in [4.78, 5) is 28.8. The van der Waals surface area contributed by atoms with Crippen LogP contribution in [0.5, 0.6) is 0 Å². The first-order valence-electron chi connectivity index (χ1n) is 4.65. The number of hydrogen-bond acceptors (Lipinski definition) is 5. The Balaban J connectivity index is 2.58. The van der Waals surface area contributed by atoms with E-state index in [2.05, 4.69) is 10.1 Å². The van der Waals surface area contributed by atoms with E-state index >= 15 is 0 Å². The molecule has 0 aromatic rings. The molecule has 4 atom stereocenters. The van der Waals surface area contributed by atoms with Crippen molar-refractivity contribution in [1.29, 1.82) is 0 Å². The third-order valence-corrected chi connectivity index (χ3v) is 2.94. The summed E-state index contributed by atoms with van der Waals surface area (Å²) >= 11 is 0. The van der Waals surface area contributed by atoms with E-state index in [4.69, 9.17) is 20.6 Å². The van der Waals surface area contributed by atoms with Gasteiger partial charge in [-0.15, -0.1) is 0 Å². The minimum absolute atomic E-state index is 0.554. The number of amides is 1. The molecule has 1 heterocycles. The molecule has 2 unspecified atom stereocenters. The van der Waals surface area contributed by atoms with Crippen LogP contribution in [-0.4, -0.2) is 51.4 Å². The second-order valence-corrected chi connectivity index (χ2v) is 5.44. The summed E-state index contributed by atoms with van der Waals surface area (Å²) in [7, 11) is -4.30. The predicted molar refractivity (Wildman–Crippen MR) is 53.4 cm³/mol. The van der Waals surface area contributed by atoms with Crippen molar-refractivity contribution in [3.05, 3.63) is 0 Å². The number of aliphatic hydroxyl groups is 1. The van der Waals surface area contributed by atoms with E-state index in [-0.39, 0.29) is 0 Å². The van der Waals surface area contributed by atoms with Gasteiger partial charge < -0.3 is 30.7 Å². The number of nitrogens with one attached hydrogen (secondary N) is 1. The Hall–Kier alpha value is -0.500. The lowest BCUT2D eigenvalue weighted by Crippen LogP contribution is -2.48. The lowest BCUT2D eigenvalue weighted by molar-refractivity contribution is -0.122. The van der Waals surface area contributed by atoms with Gasteiger partial charge in [-0.2, -0.15) is 0 Å². The Morgan fingerprint density at radius 2 is 2.12 bits per heavy atom. The second-order valence-electron chi connectivity index (χ2n) is 3.74. The van der Waals surface area contributed by atoms with Crippen LogP contribution in [0, 0.1) is 0 Å². The molecular weight excluding hydrogens is 239 g/mol. The van der Waals surface area contributed by atoms with Crippen LogP contribution in [0.15, 0.2) is 0 Å². The highest BCUT2D eigenvalue weighted by molar-refractivity contribution is 7.51. The molecule has 1 amide bonds. The van der Waals surface area contributed by atoms with Crippen molar-refractivity contribution < 1.29 is 29.0 Å². The van der Waals surface area contributed by atoms with E-state index < -0.39 is 44.1 Å². The van der Waals surface area contributed by atoms with Crippen LogP contribution in [0.4, 0.5) is 0 Å². The topological polar surface area (TPSA) is 145 Å².